The number of esters is 7. The van der Waals surface area contributed by atoms with Crippen molar-refractivity contribution < 1.29 is 114 Å². The lowest BCUT2D eigenvalue weighted by Crippen LogP contribution is -2.64. The summed E-state index contributed by atoms with van der Waals surface area (Å²) in [4.78, 5) is 129. The molecule has 8 fully saturated rings. The Morgan fingerprint density at radius 1 is 0.383 bits per heavy atom. The van der Waals surface area contributed by atoms with Crippen LogP contribution in [-0.2, 0) is 80.6 Å². The van der Waals surface area contributed by atoms with Gasteiger partial charge in [-0.25, -0.2) is 33.6 Å². The zero-order valence-electron chi connectivity index (χ0n) is 74.7. The van der Waals surface area contributed by atoms with E-state index in [0.29, 0.717) is 36.8 Å². The van der Waals surface area contributed by atoms with Crippen molar-refractivity contribution >= 4 is 53.4 Å². The van der Waals surface area contributed by atoms with Crippen molar-refractivity contribution in [3.63, 3.8) is 0 Å². The summed E-state index contributed by atoms with van der Waals surface area (Å²) >= 11 is 0. The lowest BCUT2D eigenvalue weighted by Gasteiger charge is -2.61. The van der Waals surface area contributed by atoms with Crippen molar-refractivity contribution in [2.45, 2.75) is 245 Å². The summed E-state index contributed by atoms with van der Waals surface area (Å²) in [6, 6.07) is 59.4. The molecule has 4 aliphatic heterocycles. The molecule has 0 N–H and O–H groups in total. The summed E-state index contributed by atoms with van der Waals surface area (Å²) in [5, 5.41) is 0. The molecule has 7 aromatic rings. The van der Waals surface area contributed by atoms with Crippen LogP contribution in [0.25, 0.3) is 0 Å². The Kier molecular flexibility index (Phi) is 29.6. The highest BCUT2D eigenvalue weighted by atomic mass is 16.8. The lowest BCUT2D eigenvalue weighted by molar-refractivity contribution is -0.378. The van der Waals surface area contributed by atoms with Crippen LogP contribution in [0.3, 0.4) is 0 Å². The third-order valence-corrected chi connectivity index (χ3v) is 29.4. The second kappa shape index (κ2) is 40.9. The van der Waals surface area contributed by atoms with E-state index in [-0.39, 0.29) is 87.4 Å². The maximum absolute atomic E-state index is 14.9. The molecule has 4 aliphatic carbocycles. The molecule has 24 heteroatoms. The van der Waals surface area contributed by atoms with E-state index in [2.05, 4.69) is 13.8 Å². The first-order valence-electron chi connectivity index (χ1n) is 45.7. The summed E-state index contributed by atoms with van der Waals surface area (Å²) < 4.78 is 101. The first-order chi connectivity index (χ1) is 61.6. The van der Waals surface area contributed by atoms with E-state index in [4.69, 9.17) is 71.1 Å². The number of fused-ring (bicyclic) bond motifs is 5. The number of carbonyl (C=O) groups excluding carboxylic acids is 9. The Balaban J connectivity index is 0.680. The summed E-state index contributed by atoms with van der Waals surface area (Å²) in [5.41, 5.74) is 1.23. The van der Waals surface area contributed by atoms with Gasteiger partial charge in [0.1, 0.15) is 48.7 Å². The van der Waals surface area contributed by atoms with Crippen LogP contribution in [0.1, 0.15) is 213 Å². The van der Waals surface area contributed by atoms with Gasteiger partial charge in [-0.2, -0.15) is 0 Å². The lowest BCUT2D eigenvalue weighted by atomic mass is 9.44. The fourth-order valence-corrected chi connectivity index (χ4v) is 21.5. The van der Waals surface area contributed by atoms with Gasteiger partial charge < -0.3 is 71.1 Å². The van der Waals surface area contributed by atoms with Crippen LogP contribution in [0.15, 0.2) is 212 Å². The van der Waals surface area contributed by atoms with Gasteiger partial charge in [-0.3, -0.25) is 9.59 Å². The van der Waals surface area contributed by atoms with Crippen LogP contribution in [0.2, 0.25) is 0 Å². The van der Waals surface area contributed by atoms with Crippen molar-refractivity contribution in [3.8, 4) is 0 Å². The Morgan fingerprint density at radius 3 is 1.16 bits per heavy atom. The molecule has 4 saturated heterocycles. The summed E-state index contributed by atoms with van der Waals surface area (Å²) in [6.07, 6.45) is -12.4. The molecule has 30 atom stereocenters. The zero-order chi connectivity index (χ0) is 90.2. The Bertz CT molecular complexity index is 4950. The number of rotatable bonds is 29. The minimum Gasteiger partial charge on any atom is -0.459 e. The Labute approximate surface area is 749 Å². The monoisotopic (exact) mass is 1750 g/mol. The number of hydrogen-bond donors (Lipinski definition) is 0. The predicted octanol–water partition coefficient (Wildman–Crippen LogP) is 17.3. The van der Waals surface area contributed by atoms with Gasteiger partial charge in [0, 0.05) is 48.3 Å². The fourth-order valence-electron chi connectivity index (χ4n) is 21.5. The molecule has 0 amide bonds. The zero-order valence-corrected chi connectivity index (χ0v) is 74.7. The highest BCUT2D eigenvalue weighted by molar-refractivity contribution is 5.94. The van der Waals surface area contributed by atoms with Gasteiger partial charge >= 0.3 is 41.8 Å². The highest BCUT2D eigenvalue weighted by Crippen LogP contribution is 2.68. The van der Waals surface area contributed by atoms with Crippen molar-refractivity contribution in [1.82, 2.24) is 0 Å². The molecule has 128 heavy (non-hydrogen) atoms. The molecule has 680 valence electrons. The van der Waals surface area contributed by atoms with Crippen LogP contribution in [0, 0.1) is 75.9 Å². The first-order valence-corrected chi connectivity index (χ1v) is 45.7. The molecule has 4 saturated carbocycles. The van der Waals surface area contributed by atoms with Gasteiger partial charge in [0.05, 0.1) is 76.1 Å². The third kappa shape index (κ3) is 20.4. The Hall–Kier alpha value is -10.2. The number of carbonyl (C=O) groups is 9. The molecular weight excluding hydrogens is 1630 g/mol. The molecular formula is C104H120O24. The van der Waals surface area contributed by atoms with E-state index in [1.54, 1.807) is 219 Å². The number of ketones is 2. The molecule has 0 aromatic heterocycles. The van der Waals surface area contributed by atoms with Crippen molar-refractivity contribution in [1.29, 1.82) is 0 Å². The molecule has 0 bridgehead atoms. The first kappa shape index (κ1) is 92.6. The van der Waals surface area contributed by atoms with E-state index < -0.39 is 194 Å². The van der Waals surface area contributed by atoms with Gasteiger partial charge in [-0.1, -0.05) is 183 Å². The smallest absolute Gasteiger partial charge is 0.338 e. The Morgan fingerprint density at radius 2 is 0.742 bits per heavy atom. The topological polar surface area (TPSA) is 292 Å². The predicted molar refractivity (Wildman–Crippen MR) is 468 cm³/mol. The molecule has 7 aromatic carbocycles. The molecule has 8 aliphatic rings. The largest absolute Gasteiger partial charge is 0.459 e. The number of Topliss-reactive ketones (excluding diaryl/α,β-unsaturated/α-hetero) is 2. The summed E-state index contributed by atoms with van der Waals surface area (Å²) in [5.74, 6) is -7.56. The van der Waals surface area contributed by atoms with Crippen molar-refractivity contribution in [3.05, 3.63) is 251 Å². The number of benzene rings is 7. The fraction of sp³-hybridized carbons (Fsp3) is 0.510. The van der Waals surface area contributed by atoms with E-state index in [0.717, 1.165) is 32.1 Å². The average Bonchev–Trinajstić information content (AvgIpc) is 1.55. The van der Waals surface area contributed by atoms with Crippen LogP contribution >= 0.6 is 0 Å². The highest BCUT2D eigenvalue weighted by Gasteiger charge is 2.65. The molecule has 0 spiro atoms. The van der Waals surface area contributed by atoms with Gasteiger partial charge in [0.2, 0.25) is 0 Å². The number of ether oxygens (including phenoxy) is 15. The second-order valence-corrected chi connectivity index (χ2v) is 37.3. The maximum atomic E-state index is 14.9. The molecule has 24 nitrogen and oxygen atoms in total. The molecule has 16 unspecified atom stereocenters. The number of hydrogen-bond acceptors (Lipinski definition) is 24. The van der Waals surface area contributed by atoms with E-state index in [1.165, 1.54) is 0 Å². The molecule has 0 radical (unpaired) electrons. The SMILES string of the molecule is CC1O[C@@H](OC[C@@H](C)CCC(=O)[C@@H](C)C2C(=O)CC3C4CCC5CC(O[C@@H]6OC(COC(=O)c7ccccc7)[C@@H](O[C@@H]7OC(C)[C@H](C)[C@H](OC(=O)c8ccccc8)C7OC(=O)c7ccccc7)[C@H](C)C6O[C@@H]6OC(C)[C@H](C)[C@H](OC(=O)c7ccccc7)C6OC(=O)c6ccccc6)CCC5(C)C4CCC32C)C(OC(=O)c2ccccc2)[C@@H](OC(=O)c2ccccc2)[C@H]1C. The van der Waals surface area contributed by atoms with Crippen LogP contribution in [-0.4, -0.2) is 171 Å². The minimum atomic E-state index is -1.51. The van der Waals surface area contributed by atoms with Crippen LogP contribution < -0.4 is 0 Å². The van der Waals surface area contributed by atoms with E-state index in [9.17, 15) is 43.2 Å². The average molecular weight is 1750 g/mol. The third-order valence-electron chi connectivity index (χ3n) is 29.4. The minimum absolute atomic E-state index is 0.0176. The van der Waals surface area contributed by atoms with Gasteiger partial charge in [0.25, 0.3) is 0 Å². The van der Waals surface area contributed by atoms with Crippen molar-refractivity contribution in [2.24, 2.45) is 75.9 Å². The quantitative estimate of drug-likeness (QED) is 0.0239. The standard InChI is InChI=1S/C104H120O24/c1-59(57-115-99-89(124-96(111)72-41-27-16-28-42-72)85(60(2)65(7)116-99)121-93(108)69-35-21-13-22-36-69)47-50-80(105)63(5)83-81(106)56-79-77-49-48-75-55-76(51-53-103(75,10)78(77)52-54-104(79,83)11)119-100-88(128-102-91(126-98(113)74-45-31-18-32-46-74)87(62(4)67(9)118-102)123-95(110)71-39-25-15-26-40-71)64(6)84(82(120-100)58-114-92(107)68-33-19-12-20-34-68)127-101-90(125-97(112)73-43-29-17-30-44-73)86(61(3)66(8)117-101)122-94(109)70-37-23-14-24-38-70/h12-46,59-67,75-79,82-91,99-102H,47-58H2,1-11H3/t59-,60-,61-,62-,63+,64-,65?,66?,67?,75?,76?,77?,78?,79?,82?,83?,84-,85-,86-,87-,88?,89?,90?,91?,99+,100+,101-,102-,103?,104?/m0/s1. The van der Waals surface area contributed by atoms with E-state index in [1.807, 2.05) is 55.4 Å². The summed E-state index contributed by atoms with van der Waals surface area (Å²) in [6.45, 7) is 21.2. The van der Waals surface area contributed by atoms with Crippen LogP contribution in [0.4, 0.5) is 0 Å². The van der Waals surface area contributed by atoms with Gasteiger partial charge in [-0.05, 0) is 197 Å². The second-order valence-electron chi connectivity index (χ2n) is 37.3. The molecule has 15 rings (SSSR count). The summed E-state index contributed by atoms with van der Waals surface area (Å²) in [7, 11) is 0. The van der Waals surface area contributed by atoms with Crippen LogP contribution in [0.5, 0.6) is 0 Å². The van der Waals surface area contributed by atoms with Gasteiger partial charge in [0.15, 0.2) is 43.5 Å². The maximum Gasteiger partial charge on any atom is 0.338 e. The van der Waals surface area contributed by atoms with Gasteiger partial charge in [-0.15, -0.1) is 0 Å². The molecule has 4 heterocycles. The van der Waals surface area contributed by atoms with Crippen molar-refractivity contribution in [2.75, 3.05) is 13.2 Å². The van der Waals surface area contributed by atoms with E-state index >= 15 is 0 Å². The normalized spacial score (nSPS) is 34.2.